The minimum atomic E-state index is -0.424. The number of amides is 1. The molecule has 0 bridgehead atoms. The Hall–Kier alpha value is -2.37. The summed E-state index contributed by atoms with van der Waals surface area (Å²) < 4.78 is 11.1. The van der Waals surface area contributed by atoms with Crippen molar-refractivity contribution in [3.8, 4) is 5.75 Å². The van der Waals surface area contributed by atoms with Crippen molar-refractivity contribution in [1.82, 2.24) is 5.43 Å². The number of unbranched alkanes of at least 4 members (excludes halogenated alkanes) is 2. The van der Waals surface area contributed by atoms with E-state index in [2.05, 4.69) is 17.5 Å². The summed E-state index contributed by atoms with van der Waals surface area (Å²) in [5.41, 5.74) is 3.43. The molecule has 1 aromatic rings. The highest BCUT2D eigenvalue weighted by molar-refractivity contribution is 5.92. The van der Waals surface area contributed by atoms with Gasteiger partial charge in [-0.1, -0.05) is 38.8 Å². The van der Waals surface area contributed by atoms with Crippen molar-refractivity contribution in [2.75, 3.05) is 6.61 Å². The minimum Gasteiger partial charge on any atom is -0.483 e. The molecular formula is C20H30N2O4. The van der Waals surface area contributed by atoms with E-state index in [0.29, 0.717) is 11.3 Å². The number of nitrogens with zero attached hydrogens (tertiary/aromatic N) is 1. The topological polar surface area (TPSA) is 77.0 Å². The Morgan fingerprint density at radius 1 is 1.15 bits per heavy atom. The molecule has 0 aliphatic rings. The second-order valence-electron chi connectivity index (χ2n) is 6.31. The monoisotopic (exact) mass is 362 g/mol. The van der Waals surface area contributed by atoms with Crippen LogP contribution >= 0.6 is 0 Å². The lowest BCUT2D eigenvalue weighted by molar-refractivity contribution is -0.123. The molecule has 0 saturated heterocycles. The van der Waals surface area contributed by atoms with Crippen LogP contribution in [0.15, 0.2) is 29.4 Å². The zero-order valence-electron chi connectivity index (χ0n) is 16.2. The molecule has 0 heterocycles. The number of hydrazone groups is 1. The van der Waals surface area contributed by atoms with Gasteiger partial charge in [-0.25, -0.2) is 10.2 Å². The summed E-state index contributed by atoms with van der Waals surface area (Å²) in [6, 6.07) is 6.78. The lowest BCUT2D eigenvalue weighted by Crippen LogP contribution is -2.26. The lowest BCUT2D eigenvalue weighted by atomic mass is 10.1. The van der Waals surface area contributed by atoms with Crippen molar-refractivity contribution in [3.05, 3.63) is 29.8 Å². The summed E-state index contributed by atoms with van der Waals surface area (Å²) in [6.45, 7) is 7.47. The maximum atomic E-state index is 12.5. The Balaban J connectivity index is 2.67. The van der Waals surface area contributed by atoms with Crippen molar-refractivity contribution in [1.29, 1.82) is 0 Å². The highest BCUT2D eigenvalue weighted by Crippen LogP contribution is 2.21. The fraction of sp³-hybridized carbons (Fsp3) is 0.550. The Bertz CT molecular complexity index is 610. The van der Waals surface area contributed by atoms with Gasteiger partial charge in [0.05, 0.1) is 0 Å². The predicted octanol–water partition coefficient (Wildman–Crippen LogP) is 4.09. The summed E-state index contributed by atoms with van der Waals surface area (Å²) in [7, 11) is 0. The van der Waals surface area contributed by atoms with E-state index in [1.807, 2.05) is 6.92 Å². The van der Waals surface area contributed by atoms with Crippen LogP contribution in [-0.2, 0) is 9.53 Å². The molecule has 1 aromatic carbocycles. The molecule has 26 heavy (non-hydrogen) atoms. The number of ether oxygens (including phenoxy) is 2. The van der Waals surface area contributed by atoms with Gasteiger partial charge in [-0.15, -0.1) is 0 Å². The van der Waals surface area contributed by atoms with Gasteiger partial charge in [0.15, 0.2) is 6.61 Å². The van der Waals surface area contributed by atoms with Crippen LogP contribution in [0, 0.1) is 0 Å². The largest absolute Gasteiger partial charge is 0.483 e. The number of nitrogens with one attached hydrogen (secondary N) is 1. The van der Waals surface area contributed by atoms with Gasteiger partial charge >= 0.3 is 5.97 Å². The molecule has 0 aliphatic carbocycles. The van der Waals surface area contributed by atoms with Crippen LogP contribution in [0.1, 0.15) is 70.2 Å². The van der Waals surface area contributed by atoms with Gasteiger partial charge in [-0.2, -0.15) is 5.10 Å². The fourth-order valence-corrected chi connectivity index (χ4v) is 2.29. The van der Waals surface area contributed by atoms with Crippen LogP contribution in [0.5, 0.6) is 5.75 Å². The third-order valence-electron chi connectivity index (χ3n) is 3.73. The lowest BCUT2D eigenvalue weighted by Gasteiger charge is -2.17. The smallest absolute Gasteiger partial charge is 0.342 e. The molecular weight excluding hydrogens is 332 g/mol. The van der Waals surface area contributed by atoms with E-state index in [1.165, 1.54) is 0 Å². The maximum Gasteiger partial charge on any atom is 0.342 e. The quantitative estimate of drug-likeness (QED) is 0.278. The van der Waals surface area contributed by atoms with E-state index in [1.54, 1.807) is 38.1 Å². The molecule has 144 valence electrons. The van der Waals surface area contributed by atoms with Crippen molar-refractivity contribution in [2.45, 2.75) is 65.9 Å². The van der Waals surface area contributed by atoms with Crippen molar-refractivity contribution >= 4 is 17.6 Å². The minimum absolute atomic E-state index is 0.104. The molecule has 0 fully saturated rings. The van der Waals surface area contributed by atoms with Crippen LogP contribution in [0.2, 0.25) is 0 Å². The number of benzene rings is 1. The van der Waals surface area contributed by atoms with E-state index < -0.39 is 5.97 Å². The van der Waals surface area contributed by atoms with Gasteiger partial charge in [0.1, 0.15) is 17.4 Å². The number of esters is 1. The Labute approximate surface area is 156 Å². The second-order valence-corrected chi connectivity index (χ2v) is 6.31. The Morgan fingerprint density at radius 3 is 2.54 bits per heavy atom. The third kappa shape index (κ3) is 8.14. The van der Waals surface area contributed by atoms with E-state index in [4.69, 9.17) is 9.47 Å². The maximum absolute atomic E-state index is 12.5. The molecule has 1 amide bonds. The van der Waals surface area contributed by atoms with Gasteiger partial charge < -0.3 is 9.47 Å². The normalized spacial score (nSPS) is 11.4. The highest BCUT2D eigenvalue weighted by atomic mass is 16.5. The van der Waals surface area contributed by atoms with Crippen LogP contribution in [-0.4, -0.2) is 30.3 Å². The molecule has 0 aliphatic heterocycles. The van der Waals surface area contributed by atoms with Crippen LogP contribution in [0.3, 0.4) is 0 Å². The molecule has 6 heteroatoms. The average Bonchev–Trinajstić information content (AvgIpc) is 2.64. The fourth-order valence-electron chi connectivity index (χ4n) is 2.29. The summed E-state index contributed by atoms with van der Waals surface area (Å²) in [5.74, 6) is -0.486. The van der Waals surface area contributed by atoms with Crippen LogP contribution in [0.4, 0.5) is 0 Å². The first-order valence-corrected chi connectivity index (χ1v) is 9.20. The first kappa shape index (κ1) is 21.7. The molecule has 0 radical (unpaired) electrons. The van der Waals surface area contributed by atoms with Crippen molar-refractivity contribution in [2.24, 2.45) is 5.10 Å². The standard InChI is InChI=1S/C20H30N2O4/c1-5-7-8-11-16(6-2)26-20(24)17-12-9-10-13-18(17)25-14-19(23)22-21-15(3)4/h9-10,12-13,16H,5-8,11,14H2,1-4H3,(H,22,23). The highest BCUT2D eigenvalue weighted by Gasteiger charge is 2.18. The summed E-state index contributed by atoms with van der Waals surface area (Å²) in [6.07, 6.45) is 4.82. The summed E-state index contributed by atoms with van der Waals surface area (Å²) in [4.78, 5) is 24.2. The van der Waals surface area contributed by atoms with Crippen LogP contribution in [0.25, 0.3) is 0 Å². The van der Waals surface area contributed by atoms with Gasteiger partial charge in [-0.3, -0.25) is 4.79 Å². The van der Waals surface area contributed by atoms with Crippen molar-refractivity contribution < 1.29 is 19.1 Å². The Morgan fingerprint density at radius 2 is 1.88 bits per heavy atom. The van der Waals surface area contributed by atoms with E-state index >= 15 is 0 Å². The van der Waals surface area contributed by atoms with Gasteiger partial charge in [-0.05, 0) is 45.2 Å². The third-order valence-corrected chi connectivity index (χ3v) is 3.73. The molecule has 1 N–H and O–H groups in total. The molecule has 0 spiro atoms. The summed E-state index contributed by atoms with van der Waals surface area (Å²) in [5, 5.41) is 3.83. The molecule has 1 unspecified atom stereocenters. The number of hydrogen-bond donors (Lipinski definition) is 1. The number of hydrogen-bond acceptors (Lipinski definition) is 5. The number of carbonyl (C=O) groups excluding carboxylic acids is 2. The molecule has 0 aromatic heterocycles. The predicted molar refractivity (Wildman–Crippen MR) is 102 cm³/mol. The van der Waals surface area contributed by atoms with E-state index in [9.17, 15) is 9.59 Å². The van der Waals surface area contributed by atoms with E-state index in [0.717, 1.165) is 37.8 Å². The zero-order chi connectivity index (χ0) is 19.4. The number of rotatable bonds is 11. The SMILES string of the molecule is CCCCCC(CC)OC(=O)c1ccccc1OCC(=O)NN=C(C)C. The van der Waals surface area contributed by atoms with Gasteiger partial charge in [0.25, 0.3) is 5.91 Å². The molecule has 6 nitrogen and oxygen atoms in total. The first-order valence-electron chi connectivity index (χ1n) is 9.20. The van der Waals surface area contributed by atoms with Crippen molar-refractivity contribution in [3.63, 3.8) is 0 Å². The molecule has 1 atom stereocenters. The van der Waals surface area contributed by atoms with Crippen LogP contribution < -0.4 is 10.2 Å². The summed E-state index contributed by atoms with van der Waals surface area (Å²) >= 11 is 0. The van der Waals surface area contributed by atoms with Gasteiger partial charge in [0, 0.05) is 5.71 Å². The zero-order valence-corrected chi connectivity index (χ0v) is 16.2. The molecule has 0 saturated carbocycles. The number of carbonyl (C=O) groups is 2. The average molecular weight is 362 g/mol. The second kappa shape index (κ2) is 12.1. The van der Waals surface area contributed by atoms with Gasteiger partial charge in [0.2, 0.25) is 0 Å². The number of para-hydroxylation sites is 1. The molecule has 1 rings (SSSR count). The first-order chi connectivity index (χ1) is 12.5. The Kier molecular flexibility index (Phi) is 10.1. The van der Waals surface area contributed by atoms with E-state index in [-0.39, 0.29) is 18.6 Å².